The monoisotopic (exact) mass is 510 g/mol. The molecule has 0 amide bonds. The lowest BCUT2D eigenvalue weighted by Gasteiger charge is -2.58. The van der Waals surface area contributed by atoms with Crippen LogP contribution in [0.2, 0.25) is 0 Å². The number of allylic oxidation sites excluding steroid dienone is 2. The van der Waals surface area contributed by atoms with E-state index < -0.39 is 52.7 Å². The van der Waals surface area contributed by atoms with Gasteiger partial charge < -0.3 is 34.3 Å². The molecule has 200 valence electrons. The molecule has 0 aromatic carbocycles. The van der Waals surface area contributed by atoms with Crippen molar-refractivity contribution in [1.29, 1.82) is 0 Å². The van der Waals surface area contributed by atoms with Gasteiger partial charge in [0.15, 0.2) is 0 Å². The van der Waals surface area contributed by atoms with Crippen LogP contribution in [0.4, 0.5) is 0 Å². The number of ether oxygens (including phenoxy) is 4. The van der Waals surface area contributed by atoms with Gasteiger partial charge >= 0.3 is 17.9 Å². The molecule has 1 spiro atoms. The summed E-state index contributed by atoms with van der Waals surface area (Å²) < 4.78 is 23.2. The number of rotatable bonds is 8. The smallest absolute Gasteiger partial charge is 0.331 e. The van der Waals surface area contributed by atoms with Crippen molar-refractivity contribution in [1.82, 2.24) is 0 Å². The molecule has 1 saturated carbocycles. The van der Waals surface area contributed by atoms with Crippen LogP contribution in [0.3, 0.4) is 0 Å². The predicted molar refractivity (Wildman–Crippen MR) is 125 cm³/mol. The molecule has 11 nitrogen and oxygen atoms in total. The van der Waals surface area contributed by atoms with Gasteiger partial charge in [0.25, 0.3) is 6.47 Å². The number of carbonyl (C=O) groups is 4. The summed E-state index contributed by atoms with van der Waals surface area (Å²) in [5, 5.41) is 25.1. The number of aliphatic hydroxyl groups excluding tert-OH is 1. The fourth-order valence-corrected chi connectivity index (χ4v) is 5.81. The van der Waals surface area contributed by atoms with Crippen molar-refractivity contribution in [3.8, 4) is 0 Å². The van der Waals surface area contributed by atoms with Crippen molar-refractivity contribution in [3.63, 3.8) is 0 Å². The number of carboxylic acid groups (broad SMARTS) is 2. The van der Waals surface area contributed by atoms with Gasteiger partial charge in [0.1, 0.15) is 18.3 Å². The van der Waals surface area contributed by atoms with Gasteiger partial charge in [-0.2, -0.15) is 0 Å². The van der Waals surface area contributed by atoms with E-state index in [1.807, 2.05) is 20.8 Å². The number of carboxylic acids is 2. The number of hydrogen-bond acceptors (Lipinski definition) is 9. The van der Waals surface area contributed by atoms with Crippen LogP contribution >= 0.6 is 0 Å². The van der Waals surface area contributed by atoms with E-state index in [0.717, 1.165) is 19.3 Å². The van der Waals surface area contributed by atoms with Gasteiger partial charge in [0.05, 0.1) is 24.2 Å². The first kappa shape index (κ1) is 29.2. The molecule has 11 heteroatoms. The van der Waals surface area contributed by atoms with E-state index in [0.29, 0.717) is 25.9 Å². The summed E-state index contributed by atoms with van der Waals surface area (Å²) in [6.45, 7) is 6.62. The summed E-state index contributed by atoms with van der Waals surface area (Å²) in [6, 6.07) is 0. The van der Waals surface area contributed by atoms with Crippen molar-refractivity contribution in [2.75, 3.05) is 20.3 Å². The fraction of sp³-hybridized carbons (Fsp3) is 0.600. The van der Waals surface area contributed by atoms with Crippen molar-refractivity contribution in [2.45, 2.75) is 63.9 Å². The Balaban J connectivity index is 0.00000109. The van der Waals surface area contributed by atoms with Crippen LogP contribution in [-0.2, 0) is 38.1 Å². The lowest BCUT2D eigenvalue weighted by atomic mass is 9.51. The first-order chi connectivity index (χ1) is 17.2. The lowest BCUT2D eigenvalue weighted by Crippen LogP contribution is -2.66. The number of hydrogen-bond donors (Lipinski definition) is 3. The molecule has 0 radical (unpaired) electrons. The maximum atomic E-state index is 12.5. The summed E-state index contributed by atoms with van der Waals surface area (Å²) in [4.78, 5) is 45.7. The molecule has 36 heavy (non-hydrogen) atoms. The van der Waals surface area contributed by atoms with Gasteiger partial charge in [-0.25, -0.2) is 14.4 Å². The molecule has 3 N–H and O–H groups in total. The van der Waals surface area contributed by atoms with Crippen molar-refractivity contribution in [3.05, 3.63) is 36.0 Å². The van der Waals surface area contributed by atoms with Gasteiger partial charge in [-0.3, -0.25) is 4.79 Å². The van der Waals surface area contributed by atoms with Crippen LogP contribution in [0.15, 0.2) is 36.0 Å². The normalized spacial score (nSPS) is 35.5. The molecule has 4 rings (SSSR count). The van der Waals surface area contributed by atoms with Gasteiger partial charge in [0.2, 0.25) is 0 Å². The van der Waals surface area contributed by atoms with Crippen LogP contribution in [0, 0.1) is 10.8 Å². The molecule has 2 saturated heterocycles. The van der Waals surface area contributed by atoms with Gasteiger partial charge in [-0.1, -0.05) is 32.9 Å². The van der Waals surface area contributed by atoms with E-state index in [9.17, 15) is 24.3 Å². The molecular formula is C25H34O11. The second-order valence-electron chi connectivity index (χ2n) is 8.70. The largest absolute Gasteiger partial charge is 0.478 e. The minimum Gasteiger partial charge on any atom is -0.478 e. The number of esters is 1. The molecule has 6 unspecified atom stereocenters. The van der Waals surface area contributed by atoms with E-state index in [1.54, 1.807) is 6.08 Å². The Morgan fingerprint density at radius 1 is 1.17 bits per heavy atom. The fourth-order valence-electron chi connectivity index (χ4n) is 5.81. The second kappa shape index (κ2) is 11.8. The van der Waals surface area contributed by atoms with Crippen molar-refractivity contribution < 1.29 is 53.4 Å². The highest BCUT2D eigenvalue weighted by molar-refractivity contribution is 5.87. The highest BCUT2D eigenvalue weighted by Gasteiger charge is 2.83. The Morgan fingerprint density at radius 3 is 2.36 bits per heavy atom. The Labute approximate surface area is 209 Å². The molecular weight excluding hydrogens is 476 g/mol. The van der Waals surface area contributed by atoms with Crippen LogP contribution < -0.4 is 0 Å². The Hall–Kier alpha value is -3.02. The third-order valence-corrected chi connectivity index (χ3v) is 7.53. The molecule has 0 aromatic rings. The topological polar surface area (TPSA) is 169 Å². The van der Waals surface area contributed by atoms with Gasteiger partial charge in [0, 0.05) is 36.7 Å². The van der Waals surface area contributed by atoms with E-state index in [2.05, 4.69) is 0 Å². The SMILES string of the molecule is CC.CC12C(OC(=O)/C=C\C=C/C(=O)O)CC(OC3C=C(C(=O)O)CCC31COC=O)C21CO1.CO. The zero-order valence-corrected chi connectivity index (χ0v) is 20.8. The van der Waals surface area contributed by atoms with E-state index in [-0.39, 0.29) is 18.6 Å². The highest BCUT2D eigenvalue weighted by atomic mass is 16.6. The summed E-state index contributed by atoms with van der Waals surface area (Å²) in [5.74, 6) is -2.82. The average Bonchev–Trinajstić information content (AvgIpc) is 3.65. The molecule has 0 aromatic heterocycles. The molecule has 2 bridgehead atoms. The van der Waals surface area contributed by atoms with Crippen LogP contribution in [-0.4, -0.2) is 83.9 Å². The van der Waals surface area contributed by atoms with Crippen LogP contribution in [0.5, 0.6) is 0 Å². The first-order valence-corrected chi connectivity index (χ1v) is 11.7. The molecule has 2 heterocycles. The Bertz CT molecular complexity index is 932. The molecule has 3 fully saturated rings. The van der Waals surface area contributed by atoms with Crippen LogP contribution in [0.1, 0.15) is 40.0 Å². The summed E-state index contributed by atoms with van der Waals surface area (Å²) in [5.41, 5.74) is -2.15. The number of epoxide rings is 1. The number of carbonyl (C=O) groups excluding carboxylic acids is 2. The van der Waals surface area contributed by atoms with Crippen molar-refractivity contribution in [2.24, 2.45) is 10.8 Å². The van der Waals surface area contributed by atoms with Gasteiger partial charge in [-0.05, 0) is 18.9 Å². The van der Waals surface area contributed by atoms with E-state index in [4.69, 9.17) is 29.2 Å². The second-order valence-corrected chi connectivity index (χ2v) is 8.70. The maximum absolute atomic E-state index is 12.5. The molecule has 2 aliphatic heterocycles. The van der Waals surface area contributed by atoms with E-state index in [1.165, 1.54) is 12.2 Å². The Morgan fingerprint density at radius 2 is 1.81 bits per heavy atom. The highest BCUT2D eigenvalue weighted by Crippen LogP contribution is 2.72. The van der Waals surface area contributed by atoms with E-state index >= 15 is 0 Å². The average molecular weight is 511 g/mol. The number of fused-ring (bicyclic) bond motifs is 2. The number of aliphatic hydroxyl groups is 1. The summed E-state index contributed by atoms with van der Waals surface area (Å²) in [7, 11) is 1.00. The number of aliphatic carboxylic acids is 2. The summed E-state index contributed by atoms with van der Waals surface area (Å²) in [6.07, 6.45) is 5.30. The first-order valence-electron chi connectivity index (χ1n) is 11.7. The quantitative estimate of drug-likeness (QED) is 0.143. The standard InChI is InChI=1S/C22H24O10.C2H6.CH4O/c1-20-14(32-18(26)5-3-2-4-17(24)25)9-16(22(20)11-30-22)31-15-8-13(19(27)28)6-7-21(15,20)10-29-12-23;2*1-2/h2-5,8,12,14-16H,6-7,9-11H2,1H3,(H,24,25)(H,27,28);1-2H3;2H,1H3/b4-2-,5-3-;;. The lowest BCUT2D eigenvalue weighted by molar-refractivity contribution is -0.231. The molecule has 4 aliphatic rings. The minimum absolute atomic E-state index is 0.0376. The zero-order valence-electron chi connectivity index (χ0n) is 20.8. The third-order valence-electron chi connectivity index (χ3n) is 7.53. The third kappa shape index (κ3) is 4.82. The Kier molecular flexibility index (Phi) is 9.58. The van der Waals surface area contributed by atoms with Gasteiger partial charge in [-0.15, -0.1) is 0 Å². The molecule has 2 aliphatic carbocycles. The minimum atomic E-state index is -1.14. The van der Waals surface area contributed by atoms with Crippen molar-refractivity contribution >= 4 is 24.4 Å². The maximum Gasteiger partial charge on any atom is 0.331 e. The zero-order chi connectivity index (χ0) is 27.1. The summed E-state index contributed by atoms with van der Waals surface area (Å²) >= 11 is 0. The van der Waals surface area contributed by atoms with Crippen LogP contribution in [0.25, 0.3) is 0 Å². The molecule has 6 atom stereocenters. The predicted octanol–water partition coefficient (Wildman–Crippen LogP) is 1.64.